The number of rotatable bonds is 3. The van der Waals surface area contributed by atoms with E-state index >= 15 is 0 Å². The van der Waals surface area contributed by atoms with Gasteiger partial charge in [-0.3, -0.25) is 4.90 Å². The van der Waals surface area contributed by atoms with Gasteiger partial charge < -0.3 is 10.6 Å². The van der Waals surface area contributed by atoms with Crippen LogP contribution in [0.15, 0.2) is 14.3 Å². The molecule has 2 N–H and O–H groups in total. The molecule has 2 atom stereocenters. The van der Waals surface area contributed by atoms with E-state index in [9.17, 15) is 0 Å². The van der Waals surface area contributed by atoms with Crippen LogP contribution in [0, 0.1) is 0 Å². The Morgan fingerprint density at radius 3 is 2.79 bits per heavy atom. The summed E-state index contributed by atoms with van der Waals surface area (Å²) in [5.41, 5.74) is 6.06. The molecule has 0 radical (unpaired) electrons. The van der Waals surface area contributed by atoms with Gasteiger partial charge in [0.25, 0.3) is 0 Å². The summed E-state index contributed by atoms with van der Waals surface area (Å²) in [5, 5.41) is 0. The highest BCUT2D eigenvalue weighted by Gasteiger charge is 2.28. The second-order valence-corrected chi connectivity index (χ2v) is 8.48. The van der Waals surface area contributed by atoms with Gasteiger partial charge in [-0.05, 0) is 64.9 Å². The minimum Gasteiger partial charge on any atom is -0.329 e. The monoisotopic (exact) mass is 409 g/mol. The second-order valence-electron chi connectivity index (χ2n) is 5.22. The van der Waals surface area contributed by atoms with E-state index < -0.39 is 0 Å². The van der Waals surface area contributed by atoms with Crippen LogP contribution >= 0.6 is 43.2 Å². The summed E-state index contributed by atoms with van der Waals surface area (Å²) in [6.07, 6.45) is 1.21. The Morgan fingerprint density at radius 1 is 1.47 bits per heavy atom. The summed E-state index contributed by atoms with van der Waals surface area (Å²) in [7, 11) is 2.20. The van der Waals surface area contributed by atoms with Crippen molar-refractivity contribution in [3.63, 3.8) is 0 Å². The Hall–Kier alpha value is 0.540. The number of nitrogens with zero attached hydrogens (tertiary/aromatic N) is 2. The van der Waals surface area contributed by atoms with E-state index in [-0.39, 0.29) is 0 Å². The van der Waals surface area contributed by atoms with E-state index in [0.717, 1.165) is 21.3 Å². The molecule has 1 aliphatic heterocycles. The maximum absolute atomic E-state index is 6.06. The third kappa shape index (κ3) is 3.80. The summed E-state index contributed by atoms with van der Waals surface area (Å²) in [4.78, 5) is 6.32. The third-order valence-corrected chi connectivity index (χ3v) is 7.07. The number of nitrogens with two attached hydrogens (primary N) is 1. The van der Waals surface area contributed by atoms with E-state index in [1.165, 1.54) is 17.8 Å². The van der Waals surface area contributed by atoms with Crippen LogP contribution in [0.4, 0.5) is 0 Å². The molecule has 1 fully saturated rings. The Morgan fingerprint density at radius 2 is 2.21 bits per heavy atom. The molecule has 0 aromatic carbocycles. The minimum atomic E-state index is 0.328. The van der Waals surface area contributed by atoms with E-state index in [1.54, 1.807) is 11.3 Å². The molecule has 6 heteroatoms. The lowest BCUT2D eigenvalue weighted by Crippen LogP contribution is -2.42. The minimum absolute atomic E-state index is 0.328. The topological polar surface area (TPSA) is 32.5 Å². The average Bonchev–Trinajstić information content (AvgIpc) is 2.57. The van der Waals surface area contributed by atoms with Crippen molar-refractivity contribution < 1.29 is 0 Å². The van der Waals surface area contributed by atoms with Gasteiger partial charge in [0, 0.05) is 35.0 Å². The van der Waals surface area contributed by atoms with E-state index in [2.05, 4.69) is 61.7 Å². The highest BCUT2D eigenvalue weighted by Crippen LogP contribution is 2.37. The van der Waals surface area contributed by atoms with Gasteiger partial charge in [-0.25, -0.2) is 0 Å². The predicted octanol–water partition coefficient (Wildman–Crippen LogP) is 3.30. The summed E-state index contributed by atoms with van der Waals surface area (Å²) in [5.74, 6) is 0. The highest BCUT2D eigenvalue weighted by atomic mass is 79.9. The van der Waals surface area contributed by atoms with E-state index in [0.29, 0.717) is 18.6 Å². The number of halogens is 2. The molecule has 3 nitrogen and oxygen atoms in total. The van der Waals surface area contributed by atoms with Gasteiger partial charge in [0.05, 0.1) is 9.83 Å². The van der Waals surface area contributed by atoms with Crippen molar-refractivity contribution in [1.82, 2.24) is 9.80 Å². The van der Waals surface area contributed by atoms with Crippen LogP contribution in [-0.4, -0.2) is 49.1 Å². The standard InChI is InChI=1S/C13H21Br2N3S/c1-9-8-17(2)4-3-5-18(9)11(7-16)12-6-10(14)13(15)19-12/h6,9,11H,3-5,7-8,16H2,1-2H3. The second kappa shape index (κ2) is 7.00. The largest absolute Gasteiger partial charge is 0.329 e. The Bertz CT molecular complexity index is 405. The fourth-order valence-electron chi connectivity index (χ4n) is 2.80. The van der Waals surface area contributed by atoms with Crippen molar-refractivity contribution in [3.05, 3.63) is 19.2 Å². The molecule has 2 heterocycles. The molecule has 1 aromatic heterocycles. The lowest BCUT2D eigenvalue weighted by atomic mass is 10.1. The molecule has 1 saturated heterocycles. The van der Waals surface area contributed by atoms with Crippen LogP contribution < -0.4 is 5.73 Å². The first-order chi connectivity index (χ1) is 9.02. The molecular weight excluding hydrogens is 390 g/mol. The first kappa shape index (κ1) is 15.9. The van der Waals surface area contributed by atoms with Crippen LogP contribution in [0.5, 0.6) is 0 Å². The van der Waals surface area contributed by atoms with E-state index in [1.807, 2.05) is 0 Å². The summed E-state index contributed by atoms with van der Waals surface area (Å²) in [6.45, 7) is 6.40. The molecule has 108 valence electrons. The van der Waals surface area contributed by atoms with Crippen molar-refractivity contribution in [1.29, 1.82) is 0 Å². The zero-order valence-electron chi connectivity index (χ0n) is 11.4. The van der Waals surface area contributed by atoms with Gasteiger partial charge in [0.15, 0.2) is 0 Å². The Balaban J connectivity index is 2.20. The van der Waals surface area contributed by atoms with Crippen LogP contribution in [0.3, 0.4) is 0 Å². The molecule has 0 bridgehead atoms. The van der Waals surface area contributed by atoms with Crippen molar-refractivity contribution in [3.8, 4) is 0 Å². The average molecular weight is 411 g/mol. The molecule has 1 aromatic rings. The van der Waals surface area contributed by atoms with Crippen molar-refractivity contribution in [2.75, 3.05) is 33.2 Å². The normalized spacial score (nSPS) is 24.4. The van der Waals surface area contributed by atoms with Gasteiger partial charge in [-0.15, -0.1) is 11.3 Å². The molecule has 0 spiro atoms. The van der Waals surface area contributed by atoms with Crippen molar-refractivity contribution in [2.45, 2.75) is 25.4 Å². The van der Waals surface area contributed by atoms with Crippen molar-refractivity contribution in [2.24, 2.45) is 5.73 Å². The summed E-state index contributed by atoms with van der Waals surface area (Å²) in [6, 6.07) is 3.07. The van der Waals surface area contributed by atoms with Crippen LogP contribution in [0.1, 0.15) is 24.3 Å². The maximum Gasteiger partial charge on any atom is 0.0843 e. The molecule has 19 heavy (non-hydrogen) atoms. The van der Waals surface area contributed by atoms with Gasteiger partial charge in [-0.2, -0.15) is 0 Å². The third-order valence-electron chi connectivity index (χ3n) is 3.71. The number of hydrogen-bond acceptors (Lipinski definition) is 4. The van der Waals surface area contributed by atoms with E-state index in [4.69, 9.17) is 5.73 Å². The highest BCUT2D eigenvalue weighted by molar-refractivity contribution is 9.13. The number of hydrogen-bond donors (Lipinski definition) is 1. The first-order valence-corrected chi connectivity index (χ1v) is 9.02. The number of likely N-dealkylation sites (N-methyl/N-ethyl adjacent to an activating group) is 1. The van der Waals surface area contributed by atoms with Crippen LogP contribution in [0.25, 0.3) is 0 Å². The lowest BCUT2D eigenvalue weighted by molar-refractivity contribution is 0.148. The van der Waals surface area contributed by atoms with Gasteiger partial charge >= 0.3 is 0 Å². The van der Waals surface area contributed by atoms with Gasteiger partial charge in [0.2, 0.25) is 0 Å². The predicted molar refractivity (Wildman–Crippen MR) is 89.8 cm³/mol. The molecule has 0 aliphatic carbocycles. The molecule has 0 amide bonds. The summed E-state index contributed by atoms with van der Waals surface area (Å²) < 4.78 is 2.28. The van der Waals surface area contributed by atoms with Gasteiger partial charge in [0.1, 0.15) is 0 Å². The molecule has 2 rings (SSSR count). The van der Waals surface area contributed by atoms with Crippen LogP contribution in [0.2, 0.25) is 0 Å². The first-order valence-electron chi connectivity index (χ1n) is 6.62. The van der Waals surface area contributed by atoms with Crippen molar-refractivity contribution >= 4 is 43.2 Å². The fourth-order valence-corrected chi connectivity index (χ4v) is 5.02. The zero-order chi connectivity index (χ0) is 14.0. The fraction of sp³-hybridized carbons (Fsp3) is 0.692. The SMILES string of the molecule is CC1CN(C)CCCN1C(CN)c1cc(Br)c(Br)s1. The Labute approximate surface area is 136 Å². The summed E-state index contributed by atoms with van der Waals surface area (Å²) >= 11 is 8.94. The molecule has 1 aliphatic rings. The van der Waals surface area contributed by atoms with Gasteiger partial charge in [-0.1, -0.05) is 0 Å². The number of thiophene rings is 1. The smallest absolute Gasteiger partial charge is 0.0843 e. The molecular formula is C13H21Br2N3S. The zero-order valence-corrected chi connectivity index (χ0v) is 15.4. The maximum atomic E-state index is 6.06. The van der Waals surface area contributed by atoms with Crippen LogP contribution in [-0.2, 0) is 0 Å². The molecule has 0 saturated carbocycles. The molecule has 2 unspecified atom stereocenters. The Kier molecular flexibility index (Phi) is 5.87. The quantitative estimate of drug-likeness (QED) is 0.829. The lowest BCUT2D eigenvalue weighted by Gasteiger charge is -2.34.